The molecule has 0 unspecified atom stereocenters. The topological polar surface area (TPSA) is 54.0 Å². The molecule has 25 heavy (non-hydrogen) atoms. The molecule has 0 aliphatic carbocycles. The number of amides is 1. The molecule has 1 heterocycles. The number of rotatable bonds is 4. The van der Waals surface area contributed by atoms with Gasteiger partial charge in [-0.2, -0.15) is 0 Å². The number of carbonyl (C=O) groups is 1. The number of pyridine rings is 1. The van der Waals surface area contributed by atoms with E-state index in [1.165, 1.54) is 11.1 Å². The fourth-order valence-electron chi connectivity index (χ4n) is 2.54. The Balaban J connectivity index is 1.73. The maximum absolute atomic E-state index is 12.3. The molecule has 0 spiro atoms. The van der Waals surface area contributed by atoms with Crippen molar-refractivity contribution >= 4 is 23.0 Å². The molecule has 0 fully saturated rings. The summed E-state index contributed by atoms with van der Waals surface area (Å²) in [6.45, 7) is 6.12. The minimum atomic E-state index is -0.215. The Kier molecular flexibility index (Phi) is 4.80. The Hall–Kier alpha value is -3.14. The fourth-order valence-corrected chi connectivity index (χ4v) is 2.54. The zero-order valence-electron chi connectivity index (χ0n) is 14.6. The highest BCUT2D eigenvalue weighted by Gasteiger charge is 2.09. The van der Waals surface area contributed by atoms with Crippen LogP contribution >= 0.6 is 0 Å². The van der Waals surface area contributed by atoms with Crippen molar-refractivity contribution in [2.75, 3.05) is 10.6 Å². The first-order valence-corrected chi connectivity index (χ1v) is 8.21. The third-order valence-electron chi connectivity index (χ3n) is 4.27. The largest absolute Gasteiger partial charge is 0.354 e. The lowest BCUT2D eigenvalue weighted by molar-refractivity contribution is 0.102. The van der Waals surface area contributed by atoms with Crippen LogP contribution in [-0.2, 0) is 0 Å². The van der Waals surface area contributed by atoms with E-state index < -0.39 is 0 Å². The van der Waals surface area contributed by atoms with Crippen molar-refractivity contribution in [3.63, 3.8) is 0 Å². The smallest absolute Gasteiger partial charge is 0.274 e. The highest BCUT2D eigenvalue weighted by atomic mass is 16.1. The van der Waals surface area contributed by atoms with Crippen LogP contribution in [0.15, 0.2) is 60.8 Å². The first-order chi connectivity index (χ1) is 12.0. The van der Waals surface area contributed by atoms with E-state index in [4.69, 9.17) is 0 Å². The van der Waals surface area contributed by atoms with E-state index in [1.54, 1.807) is 12.3 Å². The highest BCUT2D eigenvalue weighted by Crippen LogP contribution is 2.22. The molecule has 3 aromatic rings. The van der Waals surface area contributed by atoms with Crippen LogP contribution in [-0.4, -0.2) is 10.9 Å². The summed E-state index contributed by atoms with van der Waals surface area (Å²) in [6.07, 6.45) is 1.68. The van der Waals surface area contributed by atoms with Crippen molar-refractivity contribution in [2.45, 2.75) is 20.8 Å². The Morgan fingerprint density at radius 2 is 1.56 bits per heavy atom. The molecule has 3 rings (SSSR count). The summed E-state index contributed by atoms with van der Waals surface area (Å²) in [7, 11) is 0. The molecule has 0 bridgehead atoms. The van der Waals surface area contributed by atoms with Gasteiger partial charge in [-0.25, -0.2) is 4.98 Å². The highest BCUT2D eigenvalue weighted by molar-refractivity contribution is 6.03. The van der Waals surface area contributed by atoms with E-state index in [-0.39, 0.29) is 5.91 Å². The van der Waals surface area contributed by atoms with Gasteiger partial charge in [-0.15, -0.1) is 0 Å². The second-order valence-corrected chi connectivity index (χ2v) is 6.07. The summed E-state index contributed by atoms with van der Waals surface area (Å²) in [5, 5.41) is 6.23. The van der Waals surface area contributed by atoms with E-state index in [2.05, 4.69) is 35.5 Å². The van der Waals surface area contributed by atoms with Crippen molar-refractivity contribution in [2.24, 2.45) is 0 Å². The van der Waals surface area contributed by atoms with Gasteiger partial charge >= 0.3 is 0 Å². The number of nitrogens with zero attached hydrogens (tertiary/aromatic N) is 1. The van der Waals surface area contributed by atoms with Gasteiger partial charge in [0.25, 0.3) is 5.91 Å². The number of hydrogen-bond acceptors (Lipinski definition) is 3. The summed E-state index contributed by atoms with van der Waals surface area (Å²) >= 11 is 0. The zero-order chi connectivity index (χ0) is 17.8. The van der Waals surface area contributed by atoms with Gasteiger partial charge in [0.2, 0.25) is 0 Å². The molecular formula is C21H21N3O. The van der Waals surface area contributed by atoms with Crippen LogP contribution in [0, 0.1) is 20.8 Å². The third-order valence-corrected chi connectivity index (χ3v) is 4.27. The van der Waals surface area contributed by atoms with Crippen LogP contribution in [0.25, 0.3) is 0 Å². The standard InChI is InChI=1S/C21H21N3O/c1-14-8-6-10-19(16(14)3)23-17-11-12-20(22-13-17)21(25)24-18-9-5-4-7-15(18)2/h4-13,23H,1-3H3,(H,24,25). The Labute approximate surface area is 147 Å². The number of aryl methyl sites for hydroxylation is 2. The van der Waals surface area contributed by atoms with E-state index >= 15 is 0 Å². The Morgan fingerprint density at radius 1 is 0.840 bits per heavy atom. The fraction of sp³-hybridized carbons (Fsp3) is 0.143. The zero-order valence-corrected chi connectivity index (χ0v) is 14.6. The van der Waals surface area contributed by atoms with Crippen LogP contribution in [0.2, 0.25) is 0 Å². The average molecular weight is 331 g/mol. The first-order valence-electron chi connectivity index (χ1n) is 8.21. The van der Waals surface area contributed by atoms with Gasteiger partial charge in [-0.05, 0) is 61.7 Å². The van der Waals surface area contributed by atoms with Crippen LogP contribution in [0.5, 0.6) is 0 Å². The molecule has 126 valence electrons. The predicted molar refractivity (Wildman–Crippen MR) is 103 cm³/mol. The molecule has 0 saturated carbocycles. The molecule has 4 nitrogen and oxygen atoms in total. The molecular weight excluding hydrogens is 310 g/mol. The molecule has 0 saturated heterocycles. The molecule has 0 aliphatic rings. The van der Waals surface area contributed by atoms with E-state index in [0.717, 1.165) is 22.6 Å². The Morgan fingerprint density at radius 3 is 2.28 bits per heavy atom. The van der Waals surface area contributed by atoms with Gasteiger partial charge < -0.3 is 10.6 Å². The van der Waals surface area contributed by atoms with Crippen molar-refractivity contribution in [3.8, 4) is 0 Å². The SMILES string of the molecule is Cc1ccccc1NC(=O)c1ccc(Nc2cccc(C)c2C)cn1. The second-order valence-electron chi connectivity index (χ2n) is 6.07. The van der Waals surface area contributed by atoms with Crippen molar-refractivity contribution in [1.82, 2.24) is 4.98 Å². The van der Waals surface area contributed by atoms with E-state index in [1.807, 2.05) is 49.4 Å². The van der Waals surface area contributed by atoms with Crippen molar-refractivity contribution in [1.29, 1.82) is 0 Å². The quantitative estimate of drug-likeness (QED) is 0.707. The maximum Gasteiger partial charge on any atom is 0.274 e. The van der Waals surface area contributed by atoms with Crippen LogP contribution in [0.1, 0.15) is 27.2 Å². The molecule has 2 N–H and O–H groups in total. The molecule has 4 heteroatoms. The van der Waals surface area contributed by atoms with Gasteiger partial charge in [0, 0.05) is 11.4 Å². The number of anilines is 3. The van der Waals surface area contributed by atoms with Gasteiger partial charge in [-0.1, -0.05) is 30.3 Å². The molecule has 2 aromatic carbocycles. The van der Waals surface area contributed by atoms with Gasteiger partial charge in [-0.3, -0.25) is 4.79 Å². The van der Waals surface area contributed by atoms with Gasteiger partial charge in [0.15, 0.2) is 0 Å². The lowest BCUT2D eigenvalue weighted by Gasteiger charge is -2.12. The molecule has 0 aliphatic heterocycles. The number of hydrogen-bond donors (Lipinski definition) is 2. The monoisotopic (exact) mass is 331 g/mol. The van der Waals surface area contributed by atoms with E-state index in [9.17, 15) is 4.79 Å². The van der Waals surface area contributed by atoms with Crippen LogP contribution in [0.4, 0.5) is 17.1 Å². The number of aromatic nitrogens is 1. The first kappa shape index (κ1) is 16.7. The maximum atomic E-state index is 12.3. The number of nitrogens with one attached hydrogen (secondary N) is 2. The molecule has 0 radical (unpaired) electrons. The van der Waals surface area contributed by atoms with Gasteiger partial charge in [0.05, 0.1) is 11.9 Å². The number of carbonyl (C=O) groups excluding carboxylic acids is 1. The lowest BCUT2D eigenvalue weighted by Crippen LogP contribution is -2.14. The molecule has 1 aromatic heterocycles. The van der Waals surface area contributed by atoms with Crippen molar-refractivity contribution in [3.05, 3.63) is 83.2 Å². The minimum absolute atomic E-state index is 0.215. The molecule has 0 atom stereocenters. The third kappa shape index (κ3) is 3.86. The van der Waals surface area contributed by atoms with E-state index in [0.29, 0.717) is 5.69 Å². The van der Waals surface area contributed by atoms with Crippen LogP contribution < -0.4 is 10.6 Å². The lowest BCUT2D eigenvalue weighted by atomic mass is 10.1. The summed E-state index contributed by atoms with van der Waals surface area (Å²) < 4.78 is 0. The summed E-state index contributed by atoms with van der Waals surface area (Å²) in [5.41, 5.74) is 6.52. The second kappa shape index (κ2) is 7.18. The van der Waals surface area contributed by atoms with Crippen LogP contribution in [0.3, 0.4) is 0 Å². The van der Waals surface area contributed by atoms with Crippen molar-refractivity contribution < 1.29 is 4.79 Å². The average Bonchev–Trinajstić information content (AvgIpc) is 2.61. The van der Waals surface area contributed by atoms with Gasteiger partial charge in [0.1, 0.15) is 5.69 Å². The Bertz CT molecular complexity index is 901. The minimum Gasteiger partial charge on any atom is -0.354 e. The number of para-hydroxylation sites is 1. The predicted octanol–water partition coefficient (Wildman–Crippen LogP) is 5.00. The summed E-state index contributed by atoms with van der Waals surface area (Å²) in [5.74, 6) is -0.215. The normalized spacial score (nSPS) is 10.4. The number of benzene rings is 2. The summed E-state index contributed by atoms with van der Waals surface area (Å²) in [6, 6.07) is 17.4. The molecule has 1 amide bonds. The summed E-state index contributed by atoms with van der Waals surface area (Å²) in [4.78, 5) is 16.6.